The molecule has 2 aromatic carbocycles. The van der Waals surface area contributed by atoms with Crippen molar-refractivity contribution in [2.75, 3.05) is 5.32 Å². The minimum absolute atomic E-state index is 0.154. The van der Waals surface area contributed by atoms with Crippen LogP contribution in [0.25, 0.3) is 11.4 Å². The third kappa shape index (κ3) is 4.02. The SMILES string of the molecule is NC(=O)Cn1nnc(-c2ccc(NC(=O)c3ccc(F)cc3)cc2)n1. The number of benzene rings is 2. The van der Waals surface area contributed by atoms with Gasteiger partial charge in [-0.15, -0.1) is 10.2 Å². The molecule has 0 aliphatic carbocycles. The first-order valence-electron chi connectivity index (χ1n) is 7.25. The second-order valence-corrected chi connectivity index (χ2v) is 5.15. The second-order valence-electron chi connectivity index (χ2n) is 5.15. The molecule has 3 N–H and O–H groups in total. The van der Waals surface area contributed by atoms with Gasteiger partial charge in [-0.3, -0.25) is 9.59 Å². The van der Waals surface area contributed by atoms with Gasteiger partial charge in [0.25, 0.3) is 5.91 Å². The van der Waals surface area contributed by atoms with Gasteiger partial charge in [0.2, 0.25) is 11.7 Å². The molecule has 1 heterocycles. The van der Waals surface area contributed by atoms with Gasteiger partial charge in [0.05, 0.1) is 0 Å². The first kappa shape index (κ1) is 16.2. The number of hydrogen-bond donors (Lipinski definition) is 2. The van der Waals surface area contributed by atoms with E-state index in [2.05, 4.69) is 20.7 Å². The number of halogens is 1. The predicted octanol–water partition coefficient (Wildman–Crippen LogP) is 1.22. The van der Waals surface area contributed by atoms with Crippen molar-refractivity contribution in [1.82, 2.24) is 20.2 Å². The second kappa shape index (κ2) is 6.87. The number of tetrazole rings is 1. The van der Waals surface area contributed by atoms with E-state index in [1.54, 1.807) is 24.3 Å². The van der Waals surface area contributed by atoms with Gasteiger partial charge in [-0.1, -0.05) is 0 Å². The molecule has 126 valence electrons. The molecule has 8 nitrogen and oxygen atoms in total. The van der Waals surface area contributed by atoms with Crippen LogP contribution in [0.2, 0.25) is 0 Å². The van der Waals surface area contributed by atoms with Crippen LogP contribution in [0.4, 0.5) is 10.1 Å². The quantitative estimate of drug-likeness (QED) is 0.724. The van der Waals surface area contributed by atoms with Crippen LogP contribution in [0.1, 0.15) is 10.4 Å². The first-order valence-corrected chi connectivity index (χ1v) is 7.25. The number of rotatable bonds is 5. The number of nitrogens with zero attached hydrogens (tertiary/aromatic N) is 4. The first-order chi connectivity index (χ1) is 12.0. The predicted molar refractivity (Wildman–Crippen MR) is 86.8 cm³/mol. The van der Waals surface area contributed by atoms with E-state index >= 15 is 0 Å². The molecule has 0 aliphatic heterocycles. The van der Waals surface area contributed by atoms with Crippen molar-refractivity contribution >= 4 is 17.5 Å². The normalized spacial score (nSPS) is 10.4. The number of nitrogens with one attached hydrogen (secondary N) is 1. The maximum absolute atomic E-state index is 12.9. The number of aromatic nitrogens is 4. The number of nitrogens with two attached hydrogens (primary N) is 1. The molecular weight excluding hydrogens is 327 g/mol. The van der Waals surface area contributed by atoms with Crippen molar-refractivity contribution < 1.29 is 14.0 Å². The zero-order chi connectivity index (χ0) is 17.8. The summed E-state index contributed by atoms with van der Waals surface area (Å²) in [6.07, 6.45) is 0. The van der Waals surface area contributed by atoms with Crippen LogP contribution in [-0.4, -0.2) is 32.0 Å². The zero-order valence-corrected chi connectivity index (χ0v) is 12.9. The molecular formula is C16H13FN6O2. The molecule has 0 bridgehead atoms. The van der Waals surface area contributed by atoms with Gasteiger partial charge in [-0.25, -0.2) is 4.39 Å². The summed E-state index contributed by atoms with van der Waals surface area (Å²) in [7, 11) is 0. The van der Waals surface area contributed by atoms with Crippen LogP contribution in [0.5, 0.6) is 0 Å². The molecule has 0 aliphatic rings. The summed E-state index contributed by atoms with van der Waals surface area (Å²) in [6.45, 7) is -0.154. The van der Waals surface area contributed by atoms with Gasteiger partial charge >= 0.3 is 0 Å². The average Bonchev–Trinajstić information content (AvgIpc) is 3.04. The number of primary amides is 1. The van der Waals surface area contributed by atoms with Crippen LogP contribution in [0, 0.1) is 5.82 Å². The summed E-state index contributed by atoms with van der Waals surface area (Å²) in [5, 5.41) is 14.3. The lowest BCUT2D eigenvalue weighted by atomic mass is 10.1. The fourth-order valence-corrected chi connectivity index (χ4v) is 2.07. The van der Waals surface area contributed by atoms with E-state index in [1.807, 2.05) is 0 Å². The highest BCUT2D eigenvalue weighted by Crippen LogP contribution is 2.18. The van der Waals surface area contributed by atoms with Gasteiger partial charge < -0.3 is 11.1 Å². The van der Waals surface area contributed by atoms with E-state index in [0.29, 0.717) is 22.6 Å². The lowest BCUT2D eigenvalue weighted by Crippen LogP contribution is -2.20. The van der Waals surface area contributed by atoms with Crippen molar-refractivity contribution in [2.24, 2.45) is 5.73 Å². The summed E-state index contributed by atoms with van der Waals surface area (Å²) in [5.74, 6) is -0.989. The molecule has 3 aromatic rings. The Morgan fingerprint density at radius 3 is 2.40 bits per heavy atom. The zero-order valence-electron chi connectivity index (χ0n) is 12.9. The third-order valence-electron chi connectivity index (χ3n) is 3.26. The Morgan fingerprint density at radius 2 is 1.76 bits per heavy atom. The summed E-state index contributed by atoms with van der Waals surface area (Å²) in [5.41, 5.74) is 6.64. The van der Waals surface area contributed by atoms with Crippen LogP contribution in [0.3, 0.4) is 0 Å². The molecule has 0 atom stereocenters. The van der Waals surface area contributed by atoms with Gasteiger partial charge in [-0.2, -0.15) is 4.80 Å². The Labute approximate surface area is 141 Å². The van der Waals surface area contributed by atoms with Crippen LogP contribution in [0.15, 0.2) is 48.5 Å². The van der Waals surface area contributed by atoms with E-state index in [4.69, 9.17) is 5.73 Å². The van der Waals surface area contributed by atoms with Gasteiger partial charge in [0, 0.05) is 16.8 Å². The van der Waals surface area contributed by atoms with E-state index in [-0.39, 0.29) is 12.5 Å². The fraction of sp³-hybridized carbons (Fsp3) is 0.0625. The Bertz CT molecular complexity index is 905. The summed E-state index contributed by atoms with van der Waals surface area (Å²) < 4.78 is 12.9. The minimum Gasteiger partial charge on any atom is -0.368 e. The van der Waals surface area contributed by atoms with E-state index < -0.39 is 11.7 Å². The number of hydrogen-bond acceptors (Lipinski definition) is 5. The molecule has 25 heavy (non-hydrogen) atoms. The Balaban J connectivity index is 1.69. The number of anilines is 1. The molecule has 0 saturated carbocycles. The Hall–Kier alpha value is -3.62. The van der Waals surface area contributed by atoms with Crippen molar-refractivity contribution in [3.05, 3.63) is 59.9 Å². The number of amides is 2. The van der Waals surface area contributed by atoms with Crippen LogP contribution < -0.4 is 11.1 Å². The molecule has 0 unspecified atom stereocenters. The molecule has 0 fully saturated rings. The molecule has 3 rings (SSSR count). The highest BCUT2D eigenvalue weighted by atomic mass is 19.1. The number of carbonyl (C=O) groups excluding carboxylic acids is 2. The smallest absolute Gasteiger partial charge is 0.255 e. The molecule has 1 aromatic heterocycles. The number of carbonyl (C=O) groups is 2. The standard InChI is InChI=1S/C16H13FN6O2/c17-12-5-1-11(2-6-12)16(25)19-13-7-3-10(4-8-13)15-20-22-23(21-15)9-14(18)24/h1-8H,9H2,(H2,18,24)(H,19,25). The van der Waals surface area contributed by atoms with Crippen molar-refractivity contribution in [3.63, 3.8) is 0 Å². The van der Waals surface area contributed by atoms with Crippen LogP contribution >= 0.6 is 0 Å². The van der Waals surface area contributed by atoms with E-state index in [0.717, 1.165) is 4.80 Å². The summed E-state index contributed by atoms with van der Waals surface area (Å²) in [4.78, 5) is 24.0. The van der Waals surface area contributed by atoms with Crippen molar-refractivity contribution in [1.29, 1.82) is 0 Å². The summed E-state index contributed by atoms with van der Waals surface area (Å²) in [6, 6.07) is 12.0. The minimum atomic E-state index is -0.567. The molecule has 2 amide bonds. The maximum Gasteiger partial charge on any atom is 0.255 e. The lowest BCUT2D eigenvalue weighted by Gasteiger charge is -2.05. The van der Waals surface area contributed by atoms with E-state index in [1.165, 1.54) is 24.3 Å². The van der Waals surface area contributed by atoms with Gasteiger partial charge in [0.15, 0.2) is 0 Å². The highest BCUT2D eigenvalue weighted by Gasteiger charge is 2.09. The van der Waals surface area contributed by atoms with Gasteiger partial charge in [-0.05, 0) is 53.7 Å². The Morgan fingerprint density at radius 1 is 1.08 bits per heavy atom. The molecule has 0 spiro atoms. The fourth-order valence-electron chi connectivity index (χ4n) is 2.07. The maximum atomic E-state index is 12.9. The summed E-state index contributed by atoms with van der Waals surface area (Å²) >= 11 is 0. The molecule has 0 saturated heterocycles. The topological polar surface area (TPSA) is 116 Å². The third-order valence-corrected chi connectivity index (χ3v) is 3.26. The highest BCUT2D eigenvalue weighted by molar-refractivity contribution is 6.04. The lowest BCUT2D eigenvalue weighted by molar-refractivity contribution is -0.118. The monoisotopic (exact) mass is 340 g/mol. The van der Waals surface area contributed by atoms with Crippen molar-refractivity contribution in [2.45, 2.75) is 6.54 Å². The molecule has 0 radical (unpaired) electrons. The average molecular weight is 340 g/mol. The Kier molecular flexibility index (Phi) is 4.46. The largest absolute Gasteiger partial charge is 0.368 e. The molecule has 9 heteroatoms. The van der Waals surface area contributed by atoms with Crippen molar-refractivity contribution in [3.8, 4) is 11.4 Å². The van der Waals surface area contributed by atoms with Gasteiger partial charge in [0.1, 0.15) is 12.4 Å². The van der Waals surface area contributed by atoms with E-state index in [9.17, 15) is 14.0 Å². The van der Waals surface area contributed by atoms with Crippen LogP contribution in [-0.2, 0) is 11.3 Å².